The maximum atomic E-state index is 5.95. The molecule has 3 heteroatoms. The summed E-state index contributed by atoms with van der Waals surface area (Å²) in [5.74, 6) is 2.19. The summed E-state index contributed by atoms with van der Waals surface area (Å²) in [7, 11) is 1.94. The summed E-state index contributed by atoms with van der Waals surface area (Å²) in [6.45, 7) is 5.17. The summed E-state index contributed by atoms with van der Waals surface area (Å²) in [6, 6.07) is 13.8. The zero-order chi connectivity index (χ0) is 14.5. The first-order valence-electron chi connectivity index (χ1n) is 6.81. The van der Waals surface area contributed by atoms with Crippen LogP contribution in [-0.4, -0.2) is 7.05 Å². The van der Waals surface area contributed by atoms with Gasteiger partial charge >= 0.3 is 0 Å². The quantitative estimate of drug-likeness (QED) is 0.838. The summed E-state index contributed by atoms with van der Waals surface area (Å²) < 4.78 is 5.95. The van der Waals surface area contributed by atoms with Gasteiger partial charge in [0.2, 0.25) is 0 Å². The smallest absolute Gasteiger partial charge is 0.131 e. The molecule has 0 fully saturated rings. The van der Waals surface area contributed by atoms with E-state index in [4.69, 9.17) is 16.3 Å². The van der Waals surface area contributed by atoms with E-state index in [1.165, 1.54) is 5.56 Å². The van der Waals surface area contributed by atoms with Crippen molar-refractivity contribution in [2.45, 2.75) is 26.3 Å². The van der Waals surface area contributed by atoms with Gasteiger partial charge in [0.15, 0.2) is 0 Å². The van der Waals surface area contributed by atoms with Crippen molar-refractivity contribution in [3.63, 3.8) is 0 Å². The molecule has 20 heavy (non-hydrogen) atoms. The molecule has 0 amide bonds. The van der Waals surface area contributed by atoms with Gasteiger partial charge < -0.3 is 10.1 Å². The first-order chi connectivity index (χ1) is 9.60. The number of ether oxygens (including phenoxy) is 1. The van der Waals surface area contributed by atoms with Crippen LogP contribution in [0.4, 0.5) is 0 Å². The molecule has 0 heterocycles. The minimum absolute atomic E-state index is 0.509. The van der Waals surface area contributed by atoms with E-state index in [1.54, 1.807) is 0 Å². The van der Waals surface area contributed by atoms with Crippen LogP contribution in [-0.2, 0) is 6.54 Å². The fourth-order valence-electron chi connectivity index (χ4n) is 2.02. The molecule has 2 rings (SSSR count). The molecule has 0 saturated carbocycles. The Morgan fingerprint density at radius 3 is 2.40 bits per heavy atom. The lowest BCUT2D eigenvalue weighted by molar-refractivity contribution is 0.474. The third-order valence-electron chi connectivity index (χ3n) is 3.16. The van der Waals surface area contributed by atoms with Crippen molar-refractivity contribution in [3.8, 4) is 11.5 Å². The molecule has 0 aliphatic carbocycles. The van der Waals surface area contributed by atoms with Crippen molar-refractivity contribution in [2.75, 3.05) is 7.05 Å². The molecule has 0 saturated heterocycles. The Labute approximate surface area is 125 Å². The number of hydrogen-bond donors (Lipinski definition) is 1. The number of hydrogen-bond acceptors (Lipinski definition) is 2. The maximum Gasteiger partial charge on any atom is 0.131 e. The third-order valence-corrected chi connectivity index (χ3v) is 3.41. The third kappa shape index (κ3) is 3.75. The van der Waals surface area contributed by atoms with E-state index in [1.807, 2.05) is 37.4 Å². The van der Waals surface area contributed by atoms with Crippen LogP contribution in [0.1, 0.15) is 30.9 Å². The van der Waals surface area contributed by atoms with Crippen molar-refractivity contribution in [1.29, 1.82) is 0 Å². The second kappa shape index (κ2) is 6.78. The van der Waals surface area contributed by atoms with Crippen LogP contribution in [0, 0.1) is 0 Å². The van der Waals surface area contributed by atoms with E-state index in [0.29, 0.717) is 10.9 Å². The van der Waals surface area contributed by atoms with E-state index in [0.717, 1.165) is 23.6 Å². The molecule has 2 aromatic rings. The van der Waals surface area contributed by atoms with Crippen molar-refractivity contribution in [1.82, 2.24) is 5.32 Å². The summed E-state index contributed by atoms with van der Waals surface area (Å²) in [4.78, 5) is 0. The fraction of sp³-hybridized carbons (Fsp3) is 0.294. The lowest BCUT2D eigenvalue weighted by Crippen LogP contribution is -2.07. The predicted molar refractivity (Wildman–Crippen MR) is 84.8 cm³/mol. The zero-order valence-electron chi connectivity index (χ0n) is 12.1. The van der Waals surface area contributed by atoms with E-state index in [-0.39, 0.29) is 0 Å². The normalized spacial score (nSPS) is 10.8. The molecule has 0 atom stereocenters. The molecular weight excluding hydrogens is 270 g/mol. The Hall–Kier alpha value is -1.51. The molecule has 0 aliphatic heterocycles. The van der Waals surface area contributed by atoms with Gasteiger partial charge in [0.25, 0.3) is 0 Å². The maximum absolute atomic E-state index is 5.95. The molecule has 2 aromatic carbocycles. The summed E-state index contributed by atoms with van der Waals surface area (Å²) in [5.41, 5.74) is 2.48. The van der Waals surface area contributed by atoms with Crippen molar-refractivity contribution in [3.05, 3.63) is 58.6 Å². The Bertz CT molecular complexity index is 564. The van der Waals surface area contributed by atoms with Gasteiger partial charge in [-0.15, -0.1) is 0 Å². The van der Waals surface area contributed by atoms with Crippen LogP contribution in [0.2, 0.25) is 5.02 Å². The average molecular weight is 290 g/mol. The standard InChI is InChI=1S/C17H20ClNO/c1-12(2)13-4-9-17(14(10-13)11-19-3)20-16-7-5-15(18)6-8-16/h4-10,12,19H,11H2,1-3H3. The molecule has 2 nitrogen and oxygen atoms in total. The Kier molecular flexibility index (Phi) is 5.05. The number of rotatable bonds is 5. The van der Waals surface area contributed by atoms with Gasteiger partial charge in [-0.2, -0.15) is 0 Å². The predicted octanol–water partition coefficient (Wildman–Crippen LogP) is 4.98. The Morgan fingerprint density at radius 2 is 1.80 bits per heavy atom. The minimum Gasteiger partial charge on any atom is -0.457 e. The Balaban J connectivity index is 2.27. The van der Waals surface area contributed by atoms with Gasteiger partial charge in [0.1, 0.15) is 11.5 Å². The molecular formula is C17H20ClNO. The Morgan fingerprint density at radius 1 is 1.10 bits per heavy atom. The number of benzene rings is 2. The first-order valence-corrected chi connectivity index (χ1v) is 7.19. The van der Waals surface area contributed by atoms with Crippen molar-refractivity contribution >= 4 is 11.6 Å². The van der Waals surface area contributed by atoms with Gasteiger partial charge in [0, 0.05) is 17.1 Å². The zero-order valence-corrected chi connectivity index (χ0v) is 12.9. The molecule has 0 aliphatic rings. The molecule has 0 bridgehead atoms. The minimum atomic E-state index is 0.509. The highest BCUT2D eigenvalue weighted by Gasteiger charge is 2.08. The van der Waals surface area contributed by atoms with Crippen molar-refractivity contribution in [2.24, 2.45) is 0 Å². The second-order valence-electron chi connectivity index (χ2n) is 5.11. The van der Waals surface area contributed by atoms with E-state index >= 15 is 0 Å². The monoisotopic (exact) mass is 289 g/mol. The average Bonchev–Trinajstić information content (AvgIpc) is 2.43. The summed E-state index contributed by atoms with van der Waals surface area (Å²) >= 11 is 5.89. The van der Waals surface area contributed by atoms with Gasteiger partial charge in [-0.1, -0.05) is 37.6 Å². The van der Waals surface area contributed by atoms with Gasteiger partial charge in [-0.3, -0.25) is 0 Å². The SMILES string of the molecule is CNCc1cc(C(C)C)ccc1Oc1ccc(Cl)cc1. The van der Waals surface area contributed by atoms with Gasteiger partial charge in [0.05, 0.1) is 0 Å². The van der Waals surface area contributed by atoms with Crippen molar-refractivity contribution < 1.29 is 4.74 Å². The number of halogens is 1. The molecule has 0 aromatic heterocycles. The first kappa shape index (κ1) is 14.9. The molecule has 1 N–H and O–H groups in total. The lowest BCUT2D eigenvalue weighted by atomic mass is 10.0. The highest BCUT2D eigenvalue weighted by molar-refractivity contribution is 6.30. The van der Waals surface area contributed by atoms with Crippen LogP contribution >= 0.6 is 11.6 Å². The van der Waals surface area contributed by atoms with Crippen LogP contribution in [0.15, 0.2) is 42.5 Å². The topological polar surface area (TPSA) is 21.3 Å². The summed E-state index contributed by atoms with van der Waals surface area (Å²) in [5, 5.41) is 3.90. The molecule has 0 unspecified atom stereocenters. The largest absolute Gasteiger partial charge is 0.457 e. The highest BCUT2D eigenvalue weighted by atomic mass is 35.5. The molecule has 0 spiro atoms. The van der Waals surface area contributed by atoms with E-state index < -0.39 is 0 Å². The summed E-state index contributed by atoms with van der Waals surface area (Å²) in [6.07, 6.45) is 0. The lowest BCUT2D eigenvalue weighted by Gasteiger charge is -2.14. The van der Waals surface area contributed by atoms with Crippen LogP contribution in [0.5, 0.6) is 11.5 Å². The van der Waals surface area contributed by atoms with Crippen LogP contribution in [0.3, 0.4) is 0 Å². The van der Waals surface area contributed by atoms with Crippen LogP contribution < -0.4 is 10.1 Å². The van der Waals surface area contributed by atoms with Crippen LogP contribution in [0.25, 0.3) is 0 Å². The molecule has 0 radical (unpaired) electrons. The fourth-order valence-corrected chi connectivity index (χ4v) is 2.14. The number of nitrogens with one attached hydrogen (secondary N) is 1. The van der Waals surface area contributed by atoms with E-state index in [2.05, 4.69) is 31.3 Å². The van der Waals surface area contributed by atoms with Gasteiger partial charge in [-0.05, 0) is 48.9 Å². The van der Waals surface area contributed by atoms with Gasteiger partial charge in [-0.25, -0.2) is 0 Å². The van der Waals surface area contributed by atoms with E-state index in [9.17, 15) is 0 Å². The second-order valence-corrected chi connectivity index (χ2v) is 5.54. The molecule has 106 valence electrons. The highest BCUT2D eigenvalue weighted by Crippen LogP contribution is 2.29.